The maximum atomic E-state index is 12.4. The van der Waals surface area contributed by atoms with Gasteiger partial charge in [-0.25, -0.2) is 5.43 Å². The molecule has 2 amide bonds. The van der Waals surface area contributed by atoms with Gasteiger partial charge in [0.25, 0.3) is 0 Å². The van der Waals surface area contributed by atoms with Crippen molar-refractivity contribution in [2.45, 2.75) is 69.9 Å². The number of hydrogen-bond acceptors (Lipinski definition) is 6. The van der Waals surface area contributed by atoms with E-state index >= 15 is 0 Å². The first-order chi connectivity index (χ1) is 15.6. The van der Waals surface area contributed by atoms with Crippen molar-refractivity contribution in [2.24, 2.45) is 11.8 Å². The van der Waals surface area contributed by atoms with E-state index in [4.69, 9.17) is 0 Å². The fraction of sp³-hybridized carbons (Fsp3) is 0.680. The molecule has 174 valence electrons. The van der Waals surface area contributed by atoms with E-state index in [2.05, 4.69) is 39.2 Å². The highest BCUT2D eigenvalue weighted by Gasteiger charge is 2.39. The van der Waals surface area contributed by atoms with Crippen molar-refractivity contribution in [3.8, 4) is 0 Å². The van der Waals surface area contributed by atoms with Crippen molar-refractivity contribution < 1.29 is 9.59 Å². The minimum atomic E-state index is -0.219. The highest BCUT2D eigenvalue weighted by Crippen LogP contribution is 2.40. The standard InChI is InChI=1S/C25H37N5O2/c1-29-22-15-19(7-8-20(22)24(28-29)21-9-10-23(31)27-25(21)32)26-18-11-13-30(14-12-18)16-17-5-3-2-4-6-17/h7-8,15,17-18,21,24,26,28H,2-6,9-14,16H2,1H3,(H,27,31,32). The van der Waals surface area contributed by atoms with Crippen LogP contribution in [-0.2, 0) is 9.59 Å². The first kappa shape index (κ1) is 21.7. The topological polar surface area (TPSA) is 76.7 Å². The molecule has 3 aliphatic heterocycles. The highest BCUT2D eigenvalue weighted by atomic mass is 16.2. The van der Waals surface area contributed by atoms with Crippen LogP contribution in [0.2, 0.25) is 0 Å². The van der Waals surface area contributed by atoms with Gasteiger partial charge in [0.1, 0.15) is 0 Å². The molecule has 5 rings (SSSR count). The second-order valence-electron chi connectivity index (χ2n) is 10.2. The second kappa shape index (κ2) is 9.40. The van der Waals surface area contributed by atoms with E-state index < -0.39 is 0 Å². The van der Waals surface area contributed by atoms with Crippen LogP contribution in [0.4, 0.5) is 11.4 Å². The Bertz CT molecular complexity index is 845. The van der Waals surface area contributed by atoms with Gasteiger partial charge in [-0.1, -0.05) is 25.3 Å². The summed E-state index contributed by atoms with van der Waals surface area (Å²) in [5, 5.41) is 8.27. The zero-order valence-electron chi connectivity index (χ0n) is 19.2. The van der Waals surface area contributed by atoms with Gasteiger partial charge < -0.3 is 15.2 Å². The molecule has 0 radical (unpaired) electrons. The maximum absolute atomic E-state index is 12.4. The molecule has 3 N–H and O–H groups in total. The number of amides is 2. The summed E-state index contributed by atoms with van der Waals surface area (Å²) in [6.07, 6.45) is 10.5. The molecule has 1 aliphatic carbocycles. The lowest BCUT2D eigenvalue weighted by molar-refractivity contribution is -0.137. The number of rotatable bonds is 5. The Morgan fingerprint density at radius 2 is 1.81 bits per heavy atom. The van der Waals surface area contributed by atoms with Crippen LogP contribution in [0.15, 0.2) is 18.2 Å². The first-order valence-corrected chi connectivity index (χ1v) is 12.5. The monoisotopic (exact) mass is 439 g/mol. The van der Waals surface area contributed by atoms with Crippen LogP contribution in [-0.4, -0.2) is 49.4 Å². The Hall–Kier alpha value is -2.12. The van der Waals surface area contributed by atoms with Crippen LogP contribution in [0, 0.1) is 11.8 Å². The SMILES string of the molecule is CN1NC(C2CCC(=O)NC2=O)c2ccc(NC3CCN(CC4CCCCC4)CC3)cc21. The van der Waals surface area contributed by atoms with Crippen LogP contribution in [0.25, 0.3) is 0 Å². The Morgan fingerprint density at radius 1 is 1.03 bits per heavy atom. The van der Waals surface area contributed by atoms with E-state index in [-0.39, 0.29) is 23.8 Å². The average Bonchev–Trinajstić information content (AvgIpc) is 3.11. The zero-order valence-corrected chi connectivity index (χ0v) is 19.2. The normalized spacial score (nSPS) is 28.0. The van der Waals surface area contributed by atoms with Crippen LogP contribution in [0.3, 0.4) is 0 Å². The van der Waals surface area contributed by atoms with Crippen molar-refractivity contribution in [1.29, 1.82) is 0 Å². The number of carbonyl (C=O) groups is 2. The highest BCUT2D eigenvalue weighted by molar-refractivity contribution is 5.99. The van der Waals surface area contributed by atoms with Crippen LogP contribution in [0.1, 0.15) is 69.4 Å². The summed E-state index contributed by atoms with van der Waals surface area (Å²) in [4.78, 5) is 26.6. The van der Waals surface area contributed by atoms with Crippen molar-refractivity contribution in [1.82, 2.24) is 15.6 Å². The van der Waals surface area contributed by atoms with Gasteiger partial charge >= 0.3 is 0 Å². The minimum absolute atomic E-state index is 0.0832. The number of imide groups is 1. The molecule has 0 aromatic heterocycles. The predicted octanol–water partition coefficient (Wildman–Crippen LogP) is 3.19. The third-order valence-corrected chi connectivity index (χ3v) is 7.94. The number of piperidine rings is 2. The van der Waals surface area contributed by atoms with Gasteiger partial charge in [-0.2, -0.15) is 0 Å². The summed E-state index contributed by atoms with van der Waals surface area (Å²) in [5.41, 5.74) is 6.83. The number of hydrazine groups is 1. The average molecular weight is 440 g/mol. The summed E-state index contributed by atoms with van der Waals surface area (Å²) < 4.78 is 0. The third kappa shape index (κ3) is 4.64. The number of hydrogen-bond donors (Lipinski definition) is 3. The van der Waals surface area contributed by atoms with E-state index in [0.29, 0.717) is 18.9 Å². The fourth-order valence-corrected chi connectivity index (χ4v) is 6.10. The summed E-state index contributed by atoms with van der Waals surface area (Å²) >= 11 is 0. The van der Waals surface area contributed by atoms with E-state index in [9.17, 15) is 9.59 Å². The molecule has 7 heteroatoms. The molecular formula is C25H37N5O2. The Morgan fingerprint density at radius 3 is 2.56 bits per heavy atom. The largest absolute Gasteiger partial charge is 0.382 e. The Balaban J connectivity index is 1.17. The molecule has 0 bridgehead atoms. The van der Waals surface area contributed by atoms with Gasteiger partial charge in [-0.15, -0.1) is 0 Å². The molecule has 3 fully saturated rings. The molecule has 4 aliphatic rings. The van der Waals surface area contributed by atoms with Gasteiger partial charge in [0.05, 0.1) is 17.6 Å². The molecule has 2 unspecified atom stereocenters. The lowest BCUT2D eigenvalue weighted by atomic mass is 9.87. The van der Waals surface area contributed by atoms with Crippen molar-refractivity contribution >= 4 is 23.2 Å². The van der Waals surface area contributed by atoms with Gasteiger partial charge in [-0.3, -0.25) is 14.9 Å². The number of carbonyl (C=O) groups excluding carboxylic acids is 2. The van der Waals surface area contributed by atoms with Crippen molar-refractivity contribution in [3.63, 3.8) is 0 Å². The fourth-order valence-electron chi connectivity index (χ4n) is 6.10. The van der Waals surface area contributed by atoms with Gasteiger partial charge in [-0.05, 0) is 55.7 Å². The Labute approximate surface area is 191 Å². The van der Waals surface area contributed by atoms with Crippen LogP contribution < -0.4 is 21.1 Å². The number of anilines is 2. The minimum Gasteiger partial charge on any atom is -0.382 e. The summed E-state index contributed by atoms with van der Waals surface area (Å²) in [6, 6.07) is 6.91. The lowest BCUT2D eigenvalue weighted by Crippen LogP contribution is -2.46. The molecule has 0 spiro atoms. The quantitative estimate of drug-likeness (QED) is 0.612. The molecule has 2 atom stereocenters. The number of nitrogens with zero attached hydrogens (tertiary/aromatic N) is 2. The summed E-state index contributed by atoms with van der Waals surface area (Å²) in [6.45, 7) is 3.68. The van der Waals surface area contributed by atoms with Crippen LogP contribution >= 0.6 is 0 Å². The van der Waals surface area contributed by atoms with E-state index in [1.54, 1.807) is 0 Å². The molecular weight excluding hydrogens is 402 g/mol. The van der Waals surface area contributed by atoms with Crippen molar-refractivity contribution in [2.75, 3.05) is 37.0 Å². The molecule has 1 aromatic rings. The molecule has 1 aromatic carbocycles. The van der Waals surface area contributed by atoms with Gasteiger partial charge in [0.15, 0.2) is 0 Å². The summed E-state index contributed by atoms with van der Waals surface area (Å²) in [5.74, 6) is 0.373. The number of fused-ring (bicyclic) bond motifs is 1. The van der Waals surface area contributed by atoms with E-state index in [1.807, 2.05) is 12.1 Å². The smallest absolute Gasteiger partial charge is 0.231 e. The second-order valence-corrected chi connectivity index (χ2v) is 10.2. The Kier molecular flexibility index (Phi) is 6.37. The van der Waals surface area contributed by atoms with E-state index in [0.717, 1.165) is 22.9 Å². The molecule has 3 heterocycles. The number of likely N-dealkylation sites (tertiary alicyclic amines) is 1. The molecule has 32 heavy (non-hydrogen) atoms. The van der Waals surface area contributed by atoms with Gasteiger partial charge in [0, 0.05) is 44.8 Å². The van der Waals surface area contributed by atoms with Crippen LogP contribution in [0.5, 0.6) is 0 Å². The van der Waals surface area contributed by atoms with Crippen molar-refractivity contribution in [3.05, 3.63) is 23.8 Å². The van der Waals surface area contributed by atoms with E-state index in [1.165, 1.54) is 64.6 Å². The third-order valence-electron chi connectivity index (χ3n) is 7.94. The predicted molar refractivity (Wildman–Crippen MR) is 126 cm³/mol. The lowest BCUT2D eigenvalue weighted by Gasteiger charge is -2.36. The molecule has 2 saturated heterocycles. The number of benzene rings is 1. The first-order valence-electron chi connectivity index (χ1n) is 12.5. The molecule has 1 saturated carbocycles. The summed E-state index contributed by atoms with van der Waals surface area (Å²) in [7, 11) is 2.00. The van der Waals surface area contributed by atoms with Gasteiger partial charge in [0.2, 0.25) is 11.8 Å². The zero-order chi connectivity index (χ0) is 22.1. The maximum Gasteiger partial charge on any atom is 0.231 e. The number of nitrogens with one attached hydrogen (secondary N) is 3. The molecule has 7 nitrogen and oxygen atoms in total.